The first-order chi connectivity index (χ1) is 17.3. The number of carbonyl (C=O) groups is 1. The Balaban J connectivity index is 1.77. The Kier molecular flexibility index (Phi) is 7.25. The molecule has 0 unspecified atom stereocenters. The molecule has 0 spiro atoms. The van der Waals surface area contributed by atoms with Crippen LogP contribution >= 0.6 is 23.2 Å². The second-order valence-electron chi connectivity index (χ2n) is 7.63. The zero-order valence-corrected chi connectivity index (χ0v) is 21.2. The number of fused-ring (bicyclic) bond motifs is 1. The van der Waals surface area contributed by atoms with E-state index in [4.69, 9.17) is 38.5 Å². The molecular weight excluding hydrogens is 503 g/mol. The standard InChI is InChI=1S/C25H22Cl2N6O3/c1-5-19(34)31-16-8-6-7-13(2)23(16)33(28)25-30-12-15-9-14(11-29-24(15)32-25)20-21(26)17(35-3)10-18(36-4)22(20)27/h5-12H,1,28H2,2-4H3,(H,31,34). The van der Waals surface area contributed by atoms with Crippen LogP contribution in [0.2, 0.25) is 10.0 Å². The topological polar surface area (TPSA) is 115 Å². The molecule has 0 aliphatic rings. The van der Waals surface area contributed by atoms with Gasteiger partial charge in [-0.2, -0.15) is 4.98 Å². The Hall–Kier alpha value is -3.92. The number of aromatic nitrogens is 3. The fourth-order valence-electron chi connectivity index (χ4n) is 3.67. The average Bonchev–Trinajstić information content (AvgIpc) is 2.88. The number of nitrogens with zero attached hydrogens (tertiary/aromatic N) is 4. The third kappa shape index (κ3) is 4.64. The normalized spacial score (nSPS) is 10.7. The summed E-state index contributed by atoms with van der Waals surface area (Å²) >= 11 is 13.1. The molecule has 184 valence electrons. The highest BCUT2D eigenvalue weighted by molar-refractivity contribution is 6.41. The van der Waals surface area contributed by atoms with Crippen molar-refractivity contribution in [2.45, 2.75) is 6.92 Å². The number of ether oxygens (including phenoxy) is 2. The van der Waals surface area contributed by atoms with E-state index in [1.165, 1.54) is 25.3 Å². The SMILES string of the molecule is C=CC(=O)Nc1cccc(C)c1N(N)c1ncc2cc(-c3c(Cl)c(OC)cc(OC)c3Cl)cnc2n1. The van der Waals surface area contributed by atoms with E-state index in [0.29, 0.717) is 55.1 Å². The van der Waals surface area contributed by atoms with Gasteiger partial charge in [0.25, 0.3) is 0 Å². The highest BCUT2D eigenvalue weighted by Gasteiger charge is 2.21. The van der Waals surface area contributed by atoms with Gasteiger partial charge in [0.05, 0.1) is 35.6 Å². The monoisotopic (exact) mass is 524 g/mol. The molecule has 4 aromatic rings. The highest BCUT2D eigenvalue weighted by atomic mass is 35.5. The molecule has 0 bridgehead atoms. The molecule has 4 rings (SSSR count). The number of hydrogen-bond acceptors (Lipinski definition) is 8. The second kappa shape index (κ2) is 10.4. The molecular formula is C25H22Cl2N6O3. The van der Waals surface area contributed by atoms with Crippen LogP contribution in [0, 0.1) is 6.92 Å². The number of hydrogen-bond donors (Lipinski definition) is 2. The molecule has 2 aromatic heterocycles. The van der Waals surface area contributed by atoms with Crippen LogP contribution in [0.25, 0.3) is 22.2 Å². The molecule has 3 N–H and O–H groups in total. The van der Waals surface area contributed by atoms with E-state index in [9.17, 15) is 4.79 Å². The average molecular weight is 525 g/mol. The van der Waals surface area contributed by atoms with Gasteiger partial charge in [0.15, 0.2) is 5.65 Å². The lowest BCUT2D eigenvalue weighted by Crippen LogP contribution is -2.29. The first kappa shape index (κ1) is 25.2. The summed E-state index contributed by atoms with van der Waals surface area (Å²) in [6, 6.07) is 8.82. The van der Waals surface area contributed by atoms with Crippen molar-refractivity contribution in [2.75, 3.05) is 24.5 Å². The minimum absolute atomic E-state index is 0.185. The summed E-state index contributed by atoms with van der Waals surface area (Å²) in [6.07, 6.45) is 4.36. The summed E-state index contributed by atoms with van der Waals surface area (Å²) in [5.41, 5.74) is 3.37. The number of halogens is 2. The molecule has 0 saturated heterocycles. The number of amides is 1. The van der Waals surface area contributed by atoms with Crippen molar-refractivity contribution < 1.29 is 14.3 Å². The number of anilines is 3. The molecule has 0 aliphatic carbocycles. The van der Waals surface area contributed by atoms with Gasteiger partial charge in [0.1, 0.15) is 11.5 Å². The van der Waals surface area contributed by atoms with Gasteiger partial charge in [-0.05, 0) is 30.7 Å². The zero-order valence-electron chi connectivity index (χ0n) is 19.7. The summed E-state index contributed by atoms with van der Waals surface area (Å²) in [5.74, 6) is 7.04. The van der Waals surface area contributed by atoms with Crippen molar-refractivity contribution in [1.29, 1.82) is 0 Å². The van der Waals surface area contributed by atoms with Crippen LogP contribution in [0.1, 0.15) is 5.56 Å². The number of aryl methyl sites for hydroxylation is 1. The fourth-order valence-corrected chi connectivity index (χ4v) is 4.39. The minimum Gasteiger partial charge on any atom is -0.495 e. The number of methoxy groups -OCH3 is 2. The lowest BCUT2D eigenvalue weighted by molar-refractivity contribution is -0.111. The zero-order chi connectivity index (χ0) is 26.0. The number of nitrogens with two attached hydrogens (primary N) is 1. The van der Waals surface area contributed by atoms with Crippen molar-refractivity contribution in [3.63, 3.8) is 0 Å². The van der Waals surface area contributed by atoms with Crippen molar-refractivity contribution in [1.82, 2.24) is 15.0 Å². The van der Waals surface area contributed by atoms with Gasteiger partial charge < -0.3 is 14.8 Å². The van der Waals surface area contributed by atoms with Crippen LogP contribution < -0.4 is 25.6 Å². The molecule has 36 heavy (non-hydrogen) atoms. The van der Waals surface area contributed by atoms with Gasteiger partial charge in [0.2, 0.25) is 11.9 Å². The Morgan fingerprint density at radius 1 is 1.11 bits per heavy atom. The van der Waals surface area contributed by atoms with Crippen molar-refractivity contribution in [3.8, 4) is 22.6 Å². The van der Waals surface area contributed by atoms with Crippen LogP contribution in [-0.2, 0) is 4.79 Å². The summed E-state index contributed by atoms with van der Waals surface area (Å²) in [5, 5.41) is 5.32. The molecule has 1 amide bonds. The first-order valence-electron chi connectivity index (χ1n) is 10.6. The predicted octanol–water partition coefficient (Wildman–Crippen LogP) is 5.46. The Morgan fingerprint density at radius 2 is 1.81 bits per heavy atom. The summed E-state index contributed by atoms with van der Waals surface area (Å²) in [4.78, 5) is 25.3. The molecule has 0 aliphatic heterocycles. The minimum atomic E-state index is -0.365. The molecule has 0 radical (unpaired) electrons. The Bertz CT molecular complexity index is 1470. The molecule has 2 aromatic carbocycles. The molecule has 0 fully saturated rings. The maximum absolute atomic E-state index is 11.9. The van der Waals surface area contributed by atoms with Gasteiger partial charge in [-0.1, -0.05) is 41.9 Å². The van der Waals surface area contributed by atoms with E-state index < -0.39 is 0 Å². The maximum Gasteiger partial charge on any atom is 0.247 e. The molecule has 11 heteroatoms. The summed E-state index contributed by atoms with van der Waals surface area (Å²) < 4.78 is 10.7. The largest absolute Gasteiger partial charge is 0.495 e. The molecule has 9 nitrogen and oxygen atoms in total. The van der Waals surface area contributed by atoms with Crippen molar-refractivity contribution >= 4 is 57.5 Å². The van der Waals surface area contributed by atoms with Gasteiger partial charge in [-0.15, -0.1) is 0 Å². The van der Waals surface area contributed by atoms with E-state index in [1.54, 1.807) is 30.6 Å². The van der Waals surface area contributed by atoms with Crippen LogP contribution in [-0.4, -0.2) is 35.1 Å². The third-order valence-electron chi connectivity index (χ3n) is 5.42. The molecule has 0 saturated carbocycles. The Labute approximate surface area is 217 Å². The summed E-state index contributed by atoms with van der Waals surface area (Å²) in [6.45, 7) is 5.35. The number of nitrogens with one attached hydrogen (secondary N) is 1. The Morgan fingerprint density at radius 3 is 2.44 bits per heavy atom. The number of hydrazine groups is 1. The number of para-hydroxylation sites is 1. The van der Waals surface area contributed by atoms with Crippen LogP contribution in [0.3, 0.4) is 0 Å². The van der Waals surface area contributed by atoms with E-state index in [-0.39, 0.29) is 11.9 Å². The predicted molar refractivity (Wildman–Crippen MR) is 142 cm³/mol. The van der Waals surface area contributed by atoms with Crippen LogP contribution in [0.5, 0.6) is 11.5 Å². The number of benzene rings is 2. The van der Waals surface area contributed by atoms with E-state index in [2.05, 4.69) is 26.8 Å². The van der Waals surface area contributed by atoms with E-state index >= 15 is 0 Å². The maximum atomic E-state index is 11.9. The third-order valence-corrected chi connectivity index (χ3v) is 6.17. The first-order valence-corrected chi connectivity index (χ1v) is 11.4. The lowest BCUT2D eigenvalue weighted by Gasteiger charge is -2.22. The van der Waals surface area contributed by atoms with Crippen LogP contribution in [0.15, 0.2) is 55.4 Å². The quantitative estimate of drug-likeness (QED) is 0.186. The molecule has 2 heterocycles. The highest BCUT2D eigenvalue weighted by Crippen LogP contribution is 2.46. The number of rotatable bonds is 7. The van der Waals surface area contributed by atoms with Crippen LogP contribution in [0.4, 0.5) is 17.3 Å². The van der Waals surface area contributed by atoms with Crippen molar-refractivity contribution in [2.24, 2.45) is 5.84 Å². The van der Waals surface area contributed by atoms with Gasteiger partial charge in [-0.3, -0.25) is 4.79 Å². The van der Waals surface area contributed by atoms with E-state index in [1.807, 2.05) is 19.1 Å². The lowest BCUT2D eigenvalue weighted by atomic mass is 10.1. The summed E-state index contributed by atoms with van der Waals surface area (Å²) in [7, 11) is 3.02. The van der Waals surface area contributed by atoms with E-state index in [0.717, 1.165) is 5.56 Å². The van der Waals surface area contributed by atoms with Gasteiger partial charge >= 0.3 is 0 Å². The second-order valence-corrected chi connectivity index (χ2v) is 8.38. The van der Waals surface area contributed by atoms with Gasteiger partial charge in [-0.25, -0.2) is 20.8 Å². The molecule has 0 atom stereocenters. The number of carbonyl (C=O) groups excluding carboxylic acids is 1. The fraction of sp³-hybridized carbons (Fsp3) is 0.120. The van der Waals surface area contributed by atoms with Crippen molar-refractivity contribution in [3.05, 3.63) is 71.0 Å². The van der Waals surface area contributed by atoms with Gasteiger partial charge in [0, 0.05) is 35.0 Å². The number of pyridine rings is 1. The smallest absolute Gasteiger partial charge is 0.247 e.